The molecule has 0 radical (unpaired) electrons. The lowest BCUT2D eigenvalue weighted by Crippen LogP contribution is -2.40. The van der Waals surface area contributed by atoms with Gasteiger partial charge in [0.15, 0.2) is 10.3 Å². The Kier molecular flexibility index (Phi) is 15.4. The van der Waals surface area contributed by atoms with E-state index in [1.54, 1.807) is 38.1 Å². The molecule has 2 aliphatic rings. The van der Waals surface area contributed by atoms with E-state index < -0.39 is 234 Å². The lowest BCUT2D eigenvalue weighted by Gasteiger charge is -2.28. The Balaban J connectivity index is 0.000000277. The van der Waals surface area contributed by atoms with Crippen molar-refractivity contribution < 1.29 is 79.0 Å². The minimum absolute atomic E-state index is 0.0339. The van der Waals surface area contributed by atoms with E-state index in [2.05, 4.69) is 9.97 Å². The molecular weight excluding hydrogens is 1270 g/mol. The van der Waals surface area contributed by atoms with E-state index in [0.29, 0.717) is 69.1 Å². The van der Waals surface area contributed by atoms with E-state index in [1.165, 1.54) is 47.6 Å². The van der Waals surface area contributed by atoms with Gasteiger partial charge in [-0.15, -0.1) is 0 Å². The van der Waals surface area contributed by atoms with E-state index in [-0.39, 0.29) is 53.3 Å². The fourth-order valence-corrected chi connectivity index (χ4v) is 11.4. The summed E-state index contributed by atoms with van der Waals surface area (Å²) >= 11 is 1.47. The monoisotopic (exact) mass is 1370 g/mol. The van der Waals surface area contributed by atoms with Gasteiger partial charge in [-0.3, -0.25) is 19.2 Å². The van der Waals surface area contributed by atoms with E-state index in [4.69, 9.17) is 31.5 Å². The van der Waals surface area contributed by atoms with Gasteiger partial charge < -0.3 is 28.7 Å². The zero-order valence-corrected chi connectivity index (χ0v) is 53.3. The van der Waals surface area contributed by atoms with Crippen molar-refractivity contribution in [1.29, 1.82) is 0 Å². The lowest BCUT2D eigenvalue weighted by molar-refractivity contribution is -0.138. The van der Waals surface area contributed by atoms with Gasteiger partial charge in [0.2, 0.25) is 11.8 Å². The van der Waals surface area contributed by atoms with Crippen LogP contribution >= 0.6 is 23.5 Å². The summed E-state index contributed by atoms with van der Waals surface area (Å²) in [5, 5.41) is -0.573. The first-order valence-corrected chi connectivity index (χ1v) is 31.6. The number of carbonyl (C=O) groups is 2. The molecule has 2 heterocycles. The van der Waals surface area contributed by atoms with Crippen LogP contribution in [0, 0.1) is 18.6 Å². The summed E-state index contributed by atoms with van der Waals surface area (Å²) in [4.78, 5) is 67.1. The molecule has 0 atom stereocenters. The Morgan fingerprint density at radius 1 is 0.547 bits per heavy atom. The number of amides is 2. The molecule has 0 N–H and O–H groups in total. The zero-order chi connectivity index (χ0) is 90.1. The lowest BCUT2D eigenvalue weighted by atomic mass is 9.98. The number of nitrogens with zero attached hydrogens (tertiary/aromatic N) is 8. The third-order valence-electron chi connectivity index (χ3n) is 14.8. The first-order valence-electron chi connectivity index (χ1n) is 42.1. The quantitative estimate of drug-likeness (QED) is 0.0295. The van der Waals surface area contributed by atoms with Crippen LogP contribution in [0.4, 0.5) is 35.1 Å². The molecule has 2 aromatic heterocycles. The predicted molar refractivity (Wildman–Crippen MR) is 358 cm³/mol. The molecule has 8 aromatic rings. The number of likely N-dealkylation sites (N-methyl/N-ethyl adjacent to an activating group) is 2. The molecule has 2 amide bonds. The summed E-state index contributed by atoms with van der Waals surface area (Å²) < 4.78 is 327. The average Bonchev–Trinajstić information content (AvgIpc) is 1.52. The number of fused-ring (bicyclic) bond motifs is 2. The molecule has 0 saturated heterocycles. The fourth-order valence-electron chi connectivity index (χ4n) is 9.60. The Bertz CT molecular complexity index is 5330. The molecule has 22 heteroatoms. The Hall–Kier alpha value is -7.92. The molecule has 6 aromatic carbocycles. The van der Waals surface area contributed by atoms with E-state index >= 15 is 0 Å². The second-order valence-corrected chi connectivity index (χ2v) is 23.0. The molecule has 0 aliphatic heterocycles. The maximum Gasteiger partial charge on any atom is 0.416 e. The molecule has 10 rings (SSSR count). The molecule has 0 fully saturated rings. The van der Waals surface area contributed by atoms with Crippen LogP contribution in [-0.4, -0.2) is 103 Å². The van der Waals surface area contributed by atoms with Crippen molar-refractivity contribution in [2.24, 2.45) is 0 Å². The number of hydrogen-bond donors (Lipinski definition) is 0. The molecule has 0 unspecified atom stereocenters. The second-order valence-electron chi connectivity index (χ2n) is 21.1. The third-order valence-corrected chi connectivity index (χ3v) is 16.8. The van der Waals surface area contributed by atoms with Gasteiger partial charge in [0.25, 0.3) is 11.1 Å². The Morgan fingerprint density at radius 2 is 1.04 bits per heavy atom. The van der Waals surface area contributed by atoms with Gasteiger partial charge in [0.05, 0.1) is 31.7 Å². The zero-order valence-electron chi connectivity index (χ0n) is 76.7. The minimum atomic E-state index is -5.19. The number of rotatable bonds is 26. The van der Waals surface area contributed by atoms with Crippen molar-refractivity contribution in [3.63, 3.8) is 0 Å². The summed E-state index contributed by atoms with van der Waals surface area (Å²) in [7, 11) is 0. The molecule has 2 aliphatic carbocycles. The van der Waals surface area contributed by atoms with Crippen molar-refractivity contribution in [3.8, 4) is 22.3 Å². The Labute approximate surface area is 592 Å². The number of carbonyl (C=O) groups excluding carboxylic acids is 2. The number of hydrogen-bond acceptors (Lipinski definition) is 10. The van der Waals surface area contributed by atoms with Gasteiger partial charge in [0.1, 0.15) is 24.7 Å². The average molecular weight is 1370 g/mol. The van der Waals surface area contributed by atoms with Crippen molar-refractivity contribution in [1.82, 2.24) is 38.7 Å². The maximum absolute atomic E-state index is 14.9. The molecule has 0 bridgehead atoms. The van der Waals surface area contributed by atoms with Crippen molar-refractivity contribution in [2.75, 3.05) is 52.2 Å². The molecule has 0 spiro atoms. The summed E-state index contributed by atoms with van der Waals surface area (Å²) in [6.07, 6.45) is -18.7. The van der Waals surface area contributed by atoms with Crippen LogP contribution < -0.4 is 11.1 Å². The summed E-state index contributed by atoms with van der Waals surface area (Å²) in [6.45, 7) is -9.11. The van der Waals surface area contributed by atoms with E-state index in [0.717, 1.165) is 52.8 Å². The molecule has 12 nitrogen and oxygen atoms in total. The first kappa shape index (κ1) is 44.7. The highest BCUT2D eigenvalue weighted by atomic mass is 32.2. The molecular formula is C73H78F8N8O4S2. The van der Waals surface area contributed by atoms with Crippen LogP contribution in [0.25, 0.3) is 22.3 Å². The van der Waals surface area contributed by atoms with Crippen LogP contribution in [0.2, 0.25) is 0 Å². The topological polar surface area (TPSA) is 117 Å². The van der Waals surface area contributed by atoms with Gasteiger partial charge in [-0.25, -0.2) is 8.78 Å². The van der Waals surface area contributed by atoms with Gasteiger partial charge in [-0.05, 0) is 164 Å². The normalized spacial score (nSPS) is 18.8. The molecule has 95 heavy (non-hydrogen) atoms. The highest BCUT2D eigenvalue weighted by molar-refractivity contribution is 7.98. The number of aromatic nitrogens is 4. The number of halogens is 8. The van der Waals surface area contributed by atoms with Gasteiger partial charge in [-0.2, -0.15) is 36.3 Å². The SMILES string of the molecule is [2H]c1c([2H])c(-c2c([2H])c([2H])c(C(F)(F)F)c(C)c2[2H])c([2H])c([2H])c1CN(C(=O)Cn1c(SCc2ccc(F)cc2)nc(=O)c2c1C([2H])([2H])C([2H])([2H])C2([2H])[2H])C([2H])([2H])C([2H])([2H])N(CC)CC.[2H]c1c([2H])c(CSc2nc(=O)c3c(n2CC(=O)N(Cc2ccc(-c4ccc(C(F)(F)F)cc4)cc2)C([2H])([2H])C([2H])([2H])N(CC)CC)CCC3)c([2H])c([2H])c1F. The summed E-state index contributed by atoms with van der Waals surface area (Å²) in [6, 6.07) is 4.74. The first-order chi connectivity index (χ1) is 55.4. The standard InChI is InChI=1S/C37H40F4N4O2S.C36H38F4N4O2S/c1-4-43(5-2)19-20-44(22-26-9-13-28(14-10-26)29-15-18-32(25(3)21-29)37(39,40)41)34(46)23-45-33-8-6-7-31(33)35(47)42-36(45)48-24-27-11-16-30(38)17-12-27;1-3-42(4-2)20-21-43(22-25-8-12-27(13-9-25)28-14-16-29(17-15-28)36(38,39)40)33(45)23-44-32-7-5-6-31(32)34(46)41-35(44)47-24-26-10-18-30(37)19-11-26/h9-18,21H,4-8,19-20,22-24H2,1-3H3;8-19H,3-7,20-24H2,1-2H3/i6D2,7D2,8D2,9D,10D,13D,14D,15D,18D,19D2,20D2,21D;10D,11D,18D,19D,20D2,21D2. The Morgan fingerprint density at radius 3 is 1.59 bits per heavy atom. The van der Waals surface area contributed by atoms with Crippen LogP contribution in [0.1, 0.15) is 136 Å². The second kappa shape index (κ2) is 32.7. The molecule has 0 saturated carbocycles. The number of thioether (sulfide) groups is 2. The third kappa shape index (κ3) is 19.0. The van der Waals surface area contributed by atoms with Crippen molar-refractivity contribution >= 4 is 35.3 Å². The van der Waals surface area contributed by atoms with Crippen LogP contribution in [0.3, 0.4) is 0 Å². The van der Waals surface area contributed by atoms with Gasteiger partial charge >= 0.3 is 12.4 Å². The maximum atomic E-state index is 14.9. The van der Waals surface area contributed by atoms with Crippen LogP contribution in [0.5, 0.6) is 0 Å². The predicted octanol–water partition coefficient (Wildman–Crippen LogP) is 14.7. The van der Waals surface area contributed by atoms with Crippen molar-refractivity contribution in [3.05, 3.63) is 233 Å². The van der Waals surface area contributed by atoms with E-state index in [9.17, 15) is 57.0 Å². The van der Waals surface area contributed by atoms with E-state index in [1.807, 2.05) is 0 Å². The summed E-state index contributed by atoms with van der Waals surface area (Å²) in [5.74, 6) is -4.77. The largest absolute Gasteiger partial charge is 0.416 e. The fraction of sp³-hybridized carbons (Fsp3) is 0.370. The number of benzene rings is 6. The molecule has 502 valence electrons. The smallest absolute Gasteiger partial charge is 0.336 e. The van der Waals surface area contributed by atoms with Crippen LogP contribution in [0.15, 0.2) is 159 Å². The van der Waals surface area contributed by atoms with Gasteiger partial charge in [-0.1, -0.05) is 148 Å². The summed E-state index contributed by atoms with van der Waals surface area (Å²) in [5.41, 5.74) is -7.49. The van der Waals surface area contributed by atoms with Crippen molar-refractivity contribution in [2.45, 2.75) is 133 Å². The van der Waals surface area contributed by atoms with Gasteiger partial charge in [0, 0.05) is 86.8 Å². The minimum Gasteiger partial charge on any atom is -0.336 e. The number of alkyl halides is 6. The van der Waals surface area contributed by atoms with Crippen LogP contribution in [-0.2, 0) is 85.2 Å². The highest BCUT2D eigenvalue weighted by Crippen LogP contribution is 2.36. The highest BCUT2D eigenvalue weighted by Gasteiger charge is 2.33.